The maximum absolute atomic E-state index is 12.2. The lowest BCUT2D eigenvalue weighted by Gasteiger charge is -2.12. The number of nitrogens with one attached hydrogen (secondary N) is 3. The Hall–Kier alpha value is -3.33. The lowest BCUT2D eigenvalue weighted by atomic mass is 10.1. The quantitative estimate of drug-likeness (QED) is 0.390. The molecule has 1 atom stereocenters. The fraction of sp³-hybridized carbons (Fsp3) is 0.211. The summed E-state index contributed by atoms with van der Waals surface area (Å²) in [5.41, 5.74) is 1.04. The van der Waals surface area contributed by atoms with Crippen LogP contribution < -0.4 is 16.0 Å². The topological polar surface area (TPSA) is 113 Å². The van der Waals surface area contributed by atoms with Crippen molar-refractivity contribution in [3.63, 3.8) is 0 Å². The summed E-state index contributed by atoms with van der Waals surface area (Å²) in [5, 5.41) is 19.0. The van der Waals surface area contributed by atoms with Crippen molar-refractivity contribution in [2.24, 2.45) is 0 Å². The van der Waals surface area contributed by atoms with E-state index in [1.165, 1.54) is 24.3 Å². The molecule has 9 heteroatoms. The van der Waals surface area contributed by atoms with Gasteiger partial charge in [0.25, 0.3) is 17.5 Å². The average molecular weight is 400 g/mol. The molecular formula is C19H20N4O4S. The fourth-order valence-corrected chi connectivity index (χ4v) is 2.42. The monoisotopic (exact) mass is 400 g/mol. The van der Waals surface area contributed by atoms with E-state index in [-0.39, 0.29) is 28.3 Å². The number of thiocarbonyl (C=S) groups is 1. The molecule has 28 heavy (non-hydrogen) atoms. The molecule has 0 spiro atoms. The second-order valence-electron chi connectivity index (χ2n) is 6.08. The van der Waals surface area contributed by atoms with E-state index in [0.29, 0.717) is 11.3 Å². The van der Waals surface area contributed by atoms with Gasteiger partial charge < -0.3 is 10.6 Å². The lowest BCUT2D eigenvalue weighted by molar-refractivity contribution is -0.384. The van der Waals surface area contributed by atoms with Crippen molar-refractivity contribution in [1.29, 1.82) is 0 Å². The predicted octanol–water partition coefficient (Wildman–Crippen LogP) is 3.25. The molecule has 0 aromatic heterocycles. The zero-order valence-corrected chi connectivity index (χ0v) is 16.2. The predicted molar refractivity (Wildman–Crippen MR) is 110 cm³/mol. The van der Waals surface area contributed by atoms with Crippen molar-refractivity contribution in [3.05, 3.63) is 69.8 Å². The third-order valence-electron chi connectivity index (χ3n) is 3.94. The normalized spacial score (nSPS) is 11.2. The van der Waals surface area contributed by atoms with Gasteiger partial charge in [0.05, 0.1) is 4.92 Å². The molecule has 2 rings (SSSR count). The summed E-state index contributed by atoms with van der Waals surface area (Å²) in [6, 6.07) is 12.0. The summed E-state index contributed by atoms with van der Waals surface area (Å²) in [6.07, 6.45) is 0.837. The Morgan fingerprint density at radius 1 is 1.11 bits per heavy atom. The number of hydrogen-bond donors (Lipinski definition) is 3. The van der Waals surface area contributed by atoms with Gasteiger partial charge in [-0.15, -0.1) is 0 Å². The molecule has 146 valence electrons. The summed E-state index contributed by atoms with van der Waals surface area (Å²) >= 11 is 5.10. The van der Waals surface area contributed by atoms with Crippen LogP contribution in [-0.2, 0) is 0 Å². The van der Waals surface area contributed by atoms with Gasteiger partial charge >= 0.3 is 0 Å². The van der Waals surface area contributed by atoms with Crippen molar-refractivity contribution in [1.82, 2.24) is 10.6 Å². The highest BCUT2D eigenvalue weighted by Gasteiger charge is 2.13. The van der Waals surface area contributed by atoms with Gasteiger partial charge in [-0.05, 0) is 55.9 Å². The third-order valence-corrected chi connectivity index (χ3v) is 4.15. The number of non-ortho nitro benzene ring substituents is 1. The molecule has 0 saturated carbocycles. The molecule has 0 aliphatic heterocycles. The van der Waals surface area contributed by atoms with Crippen LogP contribution in [0.15, 0.2) is 48.5 Å². The molecule has 8 nitrogen and oxygen atoms in total. The summed E-state index contributed by atoms with van der Waals surface area (Å²) in [7, 11) is 0. The summed E-state index contributed by atoms with van der Waals surface area (Å²) in [6.45, 7) is 3.91. The van der Waals surface area contributed by atoms with E-state index >= 15 is 0 Å². The average Bonchev–Trinajstić information content (AvgIpc) is 2.68. The lowest BCUT2D eigenvalue weighted by Crippen LogP contribution is -2.34. The van der Waals surface area contributed by atoms with Crippen molar-refractivity contribution < 1.29 is 14.5 Å². The highest BCUT2D eigenvalue weighted by atomic mass is 32.1. The smallest absolute Gasteiger partial charge is 0.270 e. The Morgan fingerprint density at radius 2 is 1.79 bits per heavy atom. The number of carbonyl (C=O) groups excluding carboxylic acids is 2. The molecule has 0 fully saturated rings. The van der Waals surface area contributed by atoms with Crippen LogP contribution >= 0.6 is 12.2 Å². The first kappa shape index (κ1) is 21.0. The van der Waals surface area contributed by atoms with Crippen LogP contribution in [0.3, 0.4) is 0 Å². The van der Waals surface area contributed by atoms with Crippen LogP contribution in [-0.4, -0.2) is 27.9 Å². The van der Waals surface area contributed by atoms with Crippen LogP contribution in [0, 0.1) is 10.1 Å². The summed E-state index contributed by atoms with van der Waals surface area (Å²) in [5.74, 6) is -0.729. The van der Waals surface area contributed by atoms with Gasteiger partial charge in [-0.1, -0.05) is 13.0 Å². The Labute approximate surface area is 167 Å². The molecule has 2 aromatic rings. The molecule has 0 heterocycles. The minimum Gasteiger partial charge on any atom is -0.350 e. The van der Waals surface area contributed by atoms with E-state index in [4.69, 9.17) is 12.2 Å². The number of benzene rings is 2. The van der Waals surface area contributed by atoms with Gasteiger partial charge in [-0.3, -0.25) is 25.0 Å². The van der Waals surface area contributed by atoms with E-state index in [2.05, 4.69) is 16.0 Å². The number of hydrogen-bond acceptors (Lipinski definition) is 5. The van der Waals surface area contributed by atoms with Crippen molar-refractivity contribution >= 4 is 40.5 Å². The highest BCUT2D eigenvalue weighted by Crippen LogP contribution is 2.13. The summed E-state index contributed by atoms with van der Waals surface area (Å²) < 4.78 is 0. The first-order valence-electron chi connectivity index (χ1n) is 8.58. The molecule has 0 aliphatic rings. The number of nitro benzene ring substituents is 1. The second-order valence-corrected chi connectivity index (χ2v) is 6.48. The van der Waals surface area contributed by atoms with Crippen molar-refractivity contribution in [2.45, 2.75) is 26.3 Å². The summed E-state index contributed by atoms with van der Waals surface area (Å²) in [4.78, 5) is 34.5. The minimum absolute atomic E-state index is 0.0355. The molecule has 1 unspecified atom stereocenters. The maximum atomic E-state index is 12.2. The molecular weight excluding hydrogens is 380 g/mol. The Balaban J connectivity index is 1.95. The second kappa shape index (κ2) is 9.56. The van der Waals surface area contributed by atoms with E-state index in [0.717, 1.165) is 6.42 Å². The van der Waals surface area contributed by atoms with E-state index in [9.17, 15) is 19.7 Å². The van der Waals surface area contributed by atoms with Crippen LogP contribution in [0.25, 0.3) is 0 Å². The van der Waals surface area contributed by atoms with Crippen LogP contribution in [0.2, 0.25) is 0 Å². The molecule has 2 amide bonds. The molecule has 0 saturated heterocycles. The van der Waals surface area contributed by atoms with Crippen molar-refractivity contribution in [3.8, 4) is 0 Å². The van der Waals surface area contributed by atoms with Gasteiger partial charge in [0.1, 0.15) is 0 Å². The SMILES string of the molecule is CCC(C)NC(=O)c1ccc(NC(=S)NC(=O)c2cccc([N+](=O)[O-])c2)cc1. The molecule has 0 aliphatic carbocycles. The van der Waals surface area contributed by atoms with Gasteiger partial charge in [-0.25, -0.2) is 0 Å². The third kappa shape index (κ3) is 5.85. The van der Waals surface area contributed by atoms with Crippen LogP contribution in [0.4, 0.5) is 11.4 Å². The fourth-order valence-electron chi connectivity index (χ4n) is 2.21. The zero-order valence-electron chi connectivity index (χ0n) is 15.4. The standard InChI is InChI=1S/C19H20N4O4S/c1-3-12(2)20-17(24)13-7-9-15(10-8-13)21-19(28)22-18(25)14-5-4-6-16(11-14)23(26)27/h4-12H,3H2,1-2H3,(H,20,24)(H2,21,22,25,28). The zero-order chi connectivity index (χ0) is 20.7. The van der Waals surface area contributed by atoms with Crippen LogP contribution in [0.5, 0.6) is 0 Å². The van der Waals surface area contributed by atoms with Gasteiger partial charge in [0, 0.05) is 35.0 Å². The Kier molecular flexibility index (Phi) is 7.16. The number of amides is 2. The van der Waals surface area contributed by atoms with E-state index in [1.54, 1.807) is 24.3 Å². The molecule has 2 aromatic carbocycles. The first-order valence-corrected chi connectivity index (χ1v) is 8.98. The van der Waals surface area contributed by atoms with E-state index < -0.39 is 10.8 Å². The maximum Gasteiger partial charge on any atom is 0.270 e. The minimum atomic E-state index is -0.577. The largest absolute Gasteiger partial charge is 0.350 e. The highest BCUT2D eigenvalue weighted by molar-refractivity contribution is 7.80. The van der Waals surface area contributed by atoms with Crippen LogP contribution in [0.1, 0.15) is 41.0 Å². The Morgan fingerprint density at radius 3 is 2.39 bits per heavy atom. The van der Waals surface area contributed by atoms with Gasteiger partial charge in [0.2, 0.25) is 0 Å². The number of anilines is 1. The molecule has 0 radical (unpaired) electrons. The van der Waals surface area contributed by atoms with Crippen molar-refractivity contribution in [2.75, 3.05) is 5.32 Å². The number of nitrogens with zero attached hydrogens (tertiary/aromatic N) is 1. The molecule has 0 bridgehead atoms. The molecule has 3 N–H and O–H groups in total. The Bertz CT molecular complexity index is 899. The van der Waals surface area contributed by atoms with Gasteiger partial charge in [-0.2, -0.15) is 0 Å². The number of rotatable bonds is 6. The first-order chi connectivity index (χ1) is 13.3. The number of carbonyl (C=O) groups is 2. The van der Waals surface area contributed by atoms with E-state index in [1.807, 2.05) is 13.8 Å². The number of nitro groups is 1. The van der Waals surface area contributed by atoms with Gasteiger partial charge in [0.15, 0.2) is 5.11 Å².